The molecule has 1 rings (SSSR count). The molecule has 23 heavy (non-hydrogen) atoms. The van der Waals surface area contributed by atoms with E-state index >= 15 is 0 Å². The summed E-state index contributed by atoms with van der Waals surface area (Å²) in [5.41, 5.74) is 0.302. The number of halogens is 1. The van der Waals surface area contributed by atoms with E-state index in [4.69, 9.17) is 11.6 Å². The van der Waals surface area contributed by atoms with Crippen LogP contribution < -0.4 is 9.62 Å². The number of carbonyl (C=O) groups excluding carboxylic acids is 1. The van der Waals surface area contributed by atoms with Crippen molar-refractivity contribution >= 4 is 45.0 Å². The highest BCUT2D eigenvalue weighted by molar-refractivity contribution is 8.00. The number of benzene rings is 1. The number of hydrogen-bond donors (Lipinski definition) is 1. The fourth-order valence-electron chi connectivity index (χ4n) is 1.77. The number of rotatable bonds is 7. The van der Waals surface area contributed by atoms with Crippen LogP contribution in [0.4, 0.5) is 5.69 Å². The Morgan fingerprint density at radius 2 is 1.91 bits per heavy atom. The Labute approximate surface area is 147 Å². The molecule has 1 aromatic carbocycles. The van der Waals surface area contributed by atoms with E-state index in [1.807, 2.05) is 0 Å². The number of carbonyl (C=O) groups is 1. The normalized spacial score (nSPS) is 12.0. The topological polar surface area (TPSA) is 66.5 Å². The summed E-state index contributed by atoms with van der Waals surface area (Å²) in [5.74, 6) is 0.407. The van der Waals surface area contributed by atoms with Gasteiger partial charge < -0.3 is 5.32 Å². The van der Waals surface area contributed by atoms with Gasteiger partial charge in [0.25, 0.3) is 0 Å². The number of nitrogens with zero attached hydrogens (tertiary/aromatic N) is 1. The molecule has 0 unspecified atom stereocenters. The standard InChI is InChI=1S/C15H23ClN2O3S2/c1-15(2,3)22-10-9-17-14(19)11-18(23(4,20)21)13-8-6-5-7-12(13)16/h5-8H,9-11H2,1-4H3,(H,17,19). The summed E-state index contributed by atoms with van der Waals surface area (Å²) < 4.78 is 25.1. The van der Waals surface area contributed by atoms with E-state index in [-0.39, 0.29) is 22.2 Å². The first-order chi connectivity index (χ1) is 10.5. The summed E-state index contributed by atoms with van der Waals surface area (Å²) >= 11 is 7.78. The van der Waals surface area contributed by atoms with E-state index in [0.29, 0.717) is 12.2 Å². The zero-order valence-electron chi connectivity index (χ0n) is 13.8. The molecule has 130 valence electrons. The maximum atomic E-state index is 12.0. The van der Waals surface area contributed by atoms with E-state index in [0.717, 1.165) is 16.3 Å². The van der Waals surface area contributed by atoms with Gasteiger partial charge in [0.15, 0.2) is 0 Å². The minimum atomic E-state index is -3.61. The van der Waals surface area contributed by atoms with Gasteiger partial charge in [-0.1, -0.05) is 44.5 Å². The van der Waals surface area contributed by atoms with Crippen LogP contribution in [0.2, 0.25) is 5.02 Å². The Balaban J connectivity index is 2.69. The maximum absolute atomic E-state index is 12.0. The summed E-state index contributed by atoms with van der Waals surface area (Å²) in [6.07, 6.45) is 1.05. The number of sulfonamides is 1. The average Bonchev–Trinajstić information content (AvgIpc) is 2.40. The van der Waals surface area contributed by atoms with E-state index in [1.54, 1.807) is 36.0 Å². The van der Waals surface area contributed by atoms with Crippen LogP contribution in [-0.4, -0.2) is 44.2 Å². The molecular weight excluding hydrogens is 356 g/mol. The third-order valence-corrected chi connectivity index (χ3v) is 5.49. The van der Waals surface area contributed by atoms with Gasteiger partial charge in [-0.2, -0.15) is 11.8 Å². The molecule has 1 N–H and O–H groups in total. The predicted octanol–water partition coefficient (Wildman–Crippen LogP) is 2.75. The van der Waals surface area contributed by atoms with Gasteiger partial charge in [0.2, 0.25) is 15.9 Å². The van der Waals surface area contributed by atoms with Crippen molar-refractivity contribution in [3.05, 3.63) is 29.3 Å². The number of amides is 1. The third-order valence-electron chi connectivity index (χ3n) is 2.77. The SMILES string of the molecule is CC(C)(C)SCCNC(=O)CN(c1ccccc1Cl)S(C)(=O)=O. The zero-order chi connectivity index (χ0) is 17.7. The lowest BCUT2D eigenvalue weighted by atomic mass is 10.3. The van der Waals surface area contributed by atoms with Crippen LogP contribution in [0.5, 0.6) is 0 Å². The van der Waals surface area contributed by atoms with Crippen LogP contribution in [0.3, 0.4) is 0 Å². The third kappa shape index (κ3) is 7.46. The Bertz CT molecular complexity index is 642. The van der Waals surface area contributed by atoms with Crippen LogP contribution >= 0.6 is 23.4 Å². The quantitative estimate of drug-likeness (QED) is 0.741. The minimum Gasteiger partial charge on any atom is -0.354 e. The van der Waals surface area contributed by atoms with E-state index in [2.05, 4.69) is 26.1 Å². The van der Waals surface area contributed by atoms with Gasteiger partial charge in [0.05, 0.1) is 17.0 Å². The largest absolute Gasteiger partial charge is 0.354 e. The second-order valence-electron chi connectivity index (χ2n) is 6.03. The first-order valence-corrected chi connectivity index (χ1v) is 10.3. The van der Waals surface area contributed by atoms with Gasteiger partial charge in [-0.25, -0.2) is 8.42 Å². The first-order valence-electron chi connectivity index (χ1n) is 7.13. The van der Waals surface area contributed by atoms with Gasteiger partial charge in [-0.15, -0.1) is 0 Å². The van der Waals surface area contributed by atoms with Gasteiger partial charge in [0, 0.05) is 17.0 Å². The van der Waals surface area contributed by atoms with E-state index in [9.17, 15) is 13.2 Å². The highest BCUT2D eigenvalue weighted by Crippen LogP contribution is 2.27. The molecule has 0 saturated heterocycles. The van der Waals surface area contributed by atoms with Crippen molar-refractivity contribution in [2.45, 2.75) is 25.5 Å². The molecule has 0 saturated carbocycles. The van der Waals surface area contributed by atoms with Crippen LogP contribution in [0, 0.1) is 0 Å². The molecule has 0 aliphatic rings. The van der Waals surface area contributed by atoms with Crippen LogP contribution in [0.1, 0.15) is 20.8 Å². The maximum Gasteiger partial charge on any atom is 0.240 e. The van der Waals surface area contributed by atoms with Crippen molar-refractivity contribution < 1.29 is 13.2 Å². The molecule has 5 nitrogen and oxygen atoms in total. The van der Waals surface area contributed by atoms with Gasteiger partial charge in [0.1, 0.15) is 6.54 Å². The van der Waals surface area contributed by atoms with Crippen LogP contribution in [0.15, 0.2) is 24.3 Å². The fourth-order valence-corrected chi connectivity index (χ4v) is 3.74. The molecular formula is C15H23ClN2O3S2. The number of anilines is 1. The molecule has 0 aliphatic heterocycles. The molecule has 8 heteroatoms. The lowest BCUT2D eigenvalue weighted by Gasteiger charge is -2.23. The summed E-state index contributed by atoms with van der Waals surface area (Å²) in [5, 5.41) is 3.02. The molecule has 0 spiro atoms. The van der Waals surface area contributed by atoms with Gasteiger partial charge in [-0.05, 0) is 12.1 Å². The molecule has 0 radical (unpaired) electrons. The minimum absolute atomic E-state index is 0.126. The first kappa shape index (κ1) is 20.1. The second-order valence-corrected chi connectivity index (χ2v) is 10.3. The van der Waals surface area contributed by atoms with Crippen molar-refractivity contribution in [2.75, 3.05) is 29.4 Å². The van der Waals surface area contributed by atoms with Crippen molar-refractivity contribution in [3.63, 3.8) is 0 Å². The lowest BCUT2D eigenvalue weighted by molar-refractivity contribution is -0.119. The van der Waals surface area contributed by atoms with Gasteiger partial charge >= 0.3 is 0 Å². The number of thioether (sulfide) groups is 1. The lowest BCUT2D eigenvalue weighted by Crippen LogP contribution is -2.41. The predicted molar refractivity (Wildman–Crippen MR) is 98.9 cm³/mol. The summed E-state index contributed by atoms with van der Waals surface area (Å²) in [6.45, 7) is 6.50. The molecule has 0 aromatic heterocycles. The summed E-state index contributed by atoms with van der Waals surface area (Å²) in [7, 11) is -3.61. The highest BCUT2D eigenvalue weighted by atomic mass is 35.5. The van der Waals surface area contributed by atoms with Crippen molar-refractivity contribution in [1.29, 1.82) is 0 Å². The molecule has 0 heterocycles. The van der Waals surface area contributed by atoms with Crippen molar-refractivity contribution in [2.24, 2.45) is 0 Å². The summed E-state index contributed by atoms with van der Waals surface area (Å²) in [4.78, 5) is 12.0. The average molecular weight is 379 g/mol. The molecule has 0 bridgehead atoms. The molecule has 0 aliphatic carbocycles. The molecule has 1 aromatic rings. The van der Waals surface area contributed by atoms with E-state index in [1.165, 1.54) is 0 Å². The second kappa shape index (κ2) is 8.26. The molecule has 0 atom stereocenters. The smallest absolute Gasteiger partial charge is 0.240 e. The monoisotopic (exact) mass is 378 g/mol. The van der Waals surface area contributed by atoms with Gasteiger partial charge in [-0.3, -0.25) is 9.10 Å². The highest BCUT2D eigenvalue weighted by Gasteiger charge is 2.22. The Hall–Kier alpha value is -0.920. The fraction of sp³-hybridized carbons (Fsp3) is 0.533. The Morgan fingerprint density at radius 1 is 1.30 bits per heavy atom. The molecule has 0 fully saturated rings. The number of para-hydroxylation sites is 1. The zero-order valence-corrected chi connectivity index (χ0v) is 16.2. The molecule has 1 amide bonds. The number of hydrogen-bond acceptors (Lipinski definition) is 4. The Kier molecular flexibility index (Phi) is 7.23. The van der Waals surface area contributed by atoms with Crippen molar-refractivity contribution in [1.82, 2.24) is 5.32 Å². The van der Waals surface area contributed by atoms with Crippen LogP contribution in [-0.2, 0) is 14.8 Å². The van der Waals surface area contributed by atoms with Crippen LogP contribution in [0.25, 0.3) is 0 Å². The van der Waals surface area contributed by atoms with Crippen molar-refractivity contribution in [3.8, 4) is 0 Å². The van der Waals surface area contributed by atoms with E-state index < -0.39 is 10.0 Å². The number of nitrogens with one attached hydrogen (secondary N) is 1. The Morgan fingerprint density at radius 3 is 2.43 bits per heavy atom. The summed E-state index contributed by atoms with van der Waals surface area (Å²) in [6, 6.07) is 6.55.